The molecule has 0 fully saturated rings. The zero-order valence-corrected chi connectivity index (χ0v) is 11.3. The minimum atomic E-state index is -0.722. The molecule has 18 heavy (non-hydrogen) atoms. The lowest BCUT2D eigenvalue weighted by atomic mass is 10.1. The van der Waals surface area contributed by atoms with E-state index in [1.807, 2.05) is 20.9 Å². The lowest BCUT2D eigenvalue weighted by Crippen LogP contribution is -2.11. The first kappa shape index (κ1) is 12.8. The maximum atomic E-state index is 10.5. The molecule has 0 aliphatic heterocycles. The van der Waals surface area contributed by atoms with Gasteiger partial charge in [-0.15, -0.1) is 5.10 Å². The Morgan fingerprint density at radius 1 is 1.39 bits per heavy atom. The first-order valence-corrected chi connectivity index (χ1v) is 6.12. The second-order valence-corrected chi connectivity index (χ2v) is 4.49. The molecule has 98 valence electrons. The molecule has 1 atom stereocenters. The summed E-state index contributed by atoms with van der Waals surface area (Å²) in [6.07, 6.45) is 1.85. The van der Waals surface area contributed by atoms with E-state index in [0.29, 0.717) is 0 Å². The Morgan fingerprint density at radius 3 is 2.67 bits per heavy atom. The molecule has 2 aromatic rings. The zero-order chi connectivity index (χ0) is 13.3. The van der Waals surface area contributed by atoms with Crippen molar-refractivity contribution in [3.8, 4) is 0 Å². The molecule has 0 aromatic carbocycles. The van der Waals surface area contributed by atoms with Crippen LogP contribution in [-0.2, 0) is 13.6 Å². The molecule has 2 rings (SSSR count). The molecule has 0 aliphatic rings. The van der Waals surface area contributed by atoms with Gasteiger partial charge in [0.15, 0.2) is 0 Å². The molecule has 0 saturated carbocycles. The quantitative estimate of drug-likeness (QED) is 0.881. The molecule has 0 amide bonds. The molecule has 6 heteroatoms. The fourth-order valence-electron chi connectivity index (χ4n) is 2.20. The summed E-state index contributed by atoms with van der Waals surface area (Å²) in [5, 5.41) is 22.7. The molecule has 0 spiro atoms. The summed E-state index contributed by atoms with van der Waals surface area (Å²) in [7, 11) is 1.88. The molecule has 1 unspecified atom stereocenters. The molecule has 0 saturated heterocycles. The summed E-state index contributed by atoms with van der Waals surface area (Å²) in [6.45, 7) is 6.68. The van der Waals surface area contributed by atoms with Gasteiger partial charge < -0.3 is 5.11 Å². The van der Waals surface area contributed by atoms with Crippen molar-refractivity contribution in [2.75, 3.05) is 0 Å². The van der Waals surface area contributed by atoms with Crippen molar-refractivity contribution in [3.05, 3.63) is 28.8 Å². The SMILES string of the molecule is CCCn1nncc1C(O)c1c(C)nn(C)c1C. The predicted molar refractivity (Wildman–Crippen MR) is 67.1 cm³/mol. The number of hydrogen-bond donors (Lipinski definition) is 1. The second kappa shape index (κ2) is 4.89. The molecule has 6 nitrogen and oxygen atoms in total. The highest BCUT2D eigenvalue weighted by atomic mass is 16.3. The Bertz CT molecular complexity index is 543. The van der Waals surface area contributed by atoms with Crippen LogP contribution >= 0.6 is 0 Å². The standard InChI is InChI=1S/C12H19N5O/c1-5-6-17-10(7-13-15-17)12(18)11-8(2)14-16(4)9(11)3/h7,12,18H,5-6H2,1-4H3. The molecule has 0 bridgehead atoms. The van der Waals surface area contributed by atoms with Gasteiger partial charge in [0.1, 0.15) is 6.10 Å². The fourth-order valence-corrected chi connectivity index (χ4v) is 2.20. The molecule has 2 aromatic heterocycles. The van der Waals surface area contributed by atoms with Crippen LogP contribution in [0.1, 0.15) is 42.1 Å². The minimum absolute atomic E-state index is 0.719. The van der Waals surface area contributed by atoms with Gasteiger partial charge in [-0.1, -0.05) is 12.1 Å². The Kier molecular flexibility index (Phi) is 3.47. The third kappa shape index (κ3) is 2.03. The van der Waals surface area contributed by atoms with Crippen molar-refractivity contribution in [1.29, 1.82) is 0 Å². The molecule has 0 radical (unpaired) electrons. The number of hydrogen-bond acceptors (Lipinski definition) is 4. The number of aliphatic hydroxyl groups is 1. The monoisotopic (exact) mass is 249 g/mol. The lowest BCUT2D eigenvalue weighted by molar-refractivity contribution is 0.205. The van der Waals surface area contributed by atoms with Crippen LogP contribution in [0.15, 0.2) is 6.20 Å². The summed E-state index contributed by atoms with van der Waals surface area (Å²) in [5.41, 5.74) is 3.37. The van der Waals surface area contributed by atoms with Gasteiger partial charge in [-0.05, 0) is 20.3 Å². The highest BCUT2D eigenvalue weighted by Crippen LogP contribution is 2.26. The third-order valence-corrected chi connectivity index (χ3v) is 3.20. The summed E-state index contributed by atoms with van der Waals surface area (Å²) >= 11 is 0. The largest absolute Gasteiger partial charge is 0.382 e. The lowest BCUT2D eigenvalue weighted by Gasteiger charge is -2.12. The van der Waals surface area contributed by atoms with Crippen LogP contribution in [0.2, 0.25) is 0 Å². The minimum Gasteiger partial charge on any atom is -0.382 e. The van der Waals surface area contributed by atoms with E-state index in [4.69, 9.17) is 0 Å². The van der Waals surface area contributed by atoms with Gasteiger partial charge in [0.05, 0.1) is 17.6 Å². The normalized spacial score (nSPS) is 12.9. The molecular weight excluding hydrogens is 230 g/mol. The maximum Gasteiger partial charge on any atom is 0.126 e. The van der Waals surface area contributed by atoms with Crippen molar-refractivity contribution >= 4 is 0 Å². The van der Waals surface area contributed by atoms with Crippen LogP contribution in [0.4, 0.5) is 0 Å². The Hall–Kier alpha value is -1.69. The van der Waals surface area contributed by atoms with Crippen molar-refractivity contribution in [2.45, 2.75) is 39.8 Å². The highest BCUT2D eigenvalue weighted by Gasteiger charge is 2.22. The van der Waals surface area contributed by atoms with Crippen molar-refractivity contribution in [3.63, 3.8) is 0 Å². The van der Waals surface area contributed by atoms with Gasteiger partial charge >= 0.3 is 0 Å². The van der Waals surface area contributed by atoms with Crippen LogP contribution in [0.5, 0.6) is 0 Å². The van der Waals surface area contributed by atoms with Crippen LogP contribution in [0.25, 0.3) is 0 Å². The van der Waals surface area contributed by atoms with E-state index in [9.17, 15) is 5.11 Å². The van der Waals surface area contributed by atoms with Gasteiger partial charge in [-0.2, -0.15) is 5.10 Å². The van der Waals surface area contributed by atoms with Crippen LogP contribution in [0.3, 0.4) is 0 Å². The van der Waals surface area contributed by atoms with Gasteiger partial charge in [-0.3, -0.25) is 4.68 Å². The second-order valence-electron chi connectivity index (χ2n) is 4.49. The number of aromatic nitrogens is 5. The van der Waals surface area contributed by atoms with E-state index in [1.54, 1.807) is 15.6 Å². The van der Waals surface area contributed by atoms with Crippen LogP contribution in [-0.4, -0.2) is 29.9 Å². The van der Waals surface area contributed by atoms with E-state index in [2.05, 4.69) is 22.3 Å². The first-order valence-electron chi connectivity index (χ1n) is 6.12. The van der Waals surface area contributed by atoms with E-state index in [-0.39, 0.29) is 0 Å². The number of rotatable bonds is 4. The van der Waals surface area contributed by atoms with E-state index in [0.717, 1.165) is 35.6 Å². The van der Waals surface area contributed by atoms with Gasteiger partial charge in [-0.25, -0.2) is 4.68 Å². The molecular formula is C12H19N5O. The van der Waals surface area contributed by atoms with Crippen LogP contribution < -0.4 is 0 Å². The summed E-state index contributed by atoms with van der Waals surface area (Å²) in [5.74, 6) is 0. The summed E-state index contributed by atoms with van der Waals surface area (Å²) in [6, 6.07) is 0. The Balaban J connectivity index is 2.41. The Labute approximate surface area is 106 Å². The Morgan fingerprint density at radius 2 is 2.11 bits per heavy atom. The van der Waals surface area contributed by atoms with Crippen LogP contribution in [0, 0.1) is 13.8 Å². The smallest absolute Gasteiger partial charge is 0.126 e. The topological polar surface area (TPSA) is 68.8 Å². The average Bonchev–Trinajstić information content (AvgIpc) is 2.86. The van der Waals surface area contributed by atoms with Crippen molar-refractivity contribution in [1.82, 2.24) is 24.8 Å². The summed E-state index contributed by atoms with van der Waals surface area (Å²) in [4.78, 5) is 0. The van der Waals surface area contributed by atoms with E-state index < -0.39 is 6.10 Å². The van der Waals surface area contributed by atoms with Crippen molar-refractivity contribution < 1.29 is 5.11 Å². The van der Waals surface area contributed by atoms with Gasteiger partial charge in [0, 0.05) is 24.8 Å². The number of aryl methyl sites for hydroxylation is 3. The molecule has 0 aliphatic carbocycles. The molecule has 1 N–H and O–H groups in total. The zero-order valence-electron chi connectivity index (χ0n) is 11.3. The number of nitrogens with zero attached hydrogens (tertiary/aromatic N) is 5. The van der Waals surface area contributed by atoms with E-state index in [1.165, 1.54) is 0 Å². The maximum absolute atomic E-state index is 10.5. The number of aliphatic hydroxyl groups excluding tert-OH is 1. The first-order chi connectivity index (χ1) is 8.56. The predicted octanol–water partition coefficient (Wildman–Crippen LogP) is 1.12. The fraction of sp³-hybridized carbons (Fsp3) is 0.583. The van der Waals surface area contributed by atoms with Gasteiger partial charge in [0.2, 0.25) is 0 Å². The van der Waals surface area contributed by atoms with E-state index >= 15 is 0 Å². The van der Waals surface area contributed by atoms with Gasteiger partial charge in [0.25, 0.3) is 0 Å². The molecule has 2 heterocycles. The average molecular weight is 249 g/mol. The van der Waals surface area contributed by atoms with Crippen molar-refractivity contribution in [2.24, 2.45) is 7.05 Å². The highest BCUT2D eigenvalue weighted by molar-refractivity contribution is 5.31. The summed E-state index contributed by atoms with van der Waals surface area (Å²) < 4.78 is 3.53. The third-order valence-electron chi connectivity index (χ3n) is 3.20.